The molecule has 2 aromatic rings. The number of amides is 1. The van der Waals surface area contributed by atoms with Crippen LogP contribution in [0.1, 0.15) is 34.5 Å². The summed E-state index contributed by atoms with van der Waals surface area (Å²) in [5.74, 6) is 0.278. The molecule has 0 spiro atoms. The molecule has 1 saturated heterocycles. The van der Waals surface area contributed by atoms with Crippen LogP contribution in [-0.2, 0) is 6.54 Å². The number of nitrogens with zero attached hydrogens (tertiary/aromatic N) is 4. The van der Waals surface area contributed by atoms with E-state index >= 15 is 0 Å². The molecule has 0 radical (unpaired) electrons. The van der Waals surface area contributed by atoms with Crippen molar-refractivity contribution in [2.24, 2.45) is 5.92 Å². The van der Waals surface area contributed by atoms with Crippen molar-refractivity contribution in [2.45, 2.75) is 26.3 Å². The average Bonchev–Trinajstić information content (AvgIpc) is 2.73. The summed E-state index contributed by atoms with van der Waals surface area (Å²) in [6.45, 7) is 6.61. The fraction of sp³-hybridized carbons (Fsp3) is 0.500. The van der Waals surface area contributed by atoms with Gasteiger partial charge in [-0.25, -0.2) is 4.39 Å². The first-order valence-electron chi connectivity index (χ1n) is 10.7. The topological polar surface area (TPSA) is 39.7 Å². The minimum atomic E-state index is -0.144. The minimum absolute atomic E-state index is 0.0376. The van der Waals surface area contributed by atoms with E-state index in [0.717, 1.165) is 43.7 Å². The number of carbonyl (C=O) groups is 1. The lowest BCUT2D eigenvalue weighted by molar-refractivity contribution is 0.0659. The Labute approximate surface area is 179 Å². The number of aryl methyl sites for hydroxylation is 1. The van der Waals surface area contributed by atoms with Gasteiger partial charge in [-0.15, -0.1) is 0 Å². The van der Waals surface area contributed by atoms with E-state index in [2.05, 4.69) is 14.8 Å². The Morgan fingerprint density at radius 3 is 2.70 bits per heavy atom. The first-order valence-corrected chi connectivity index (χ1v) is 10.7. The number of aromatic nitrogens is 1. The molecule has 0 saturated carbocycles. The molecule has 1 aromatic heterocycles. The third-order valence-corrected chi connectivity index (χ3v) is 5.70. The van der Waals surface area contributed by atoms with Crippen LogP contribution in [0.4, 0.5) is 4.39 Å². The zero-order chi connectivity index (χ0) is 21.5. The van der Waals surface area contributed by atoms with Crippen LogP contribution in [0, 0.1) is 18.7 Å². The van der Waals surface area contributed by atoms with Crippen molar-refractivity contribution < 1.29 is 9.18 Å². The van der Waals surface area contributed by atoms with Gasteiger partial charge in [0.25, 0.3) is 5.91 Å². The van der Waals surface area contributed by atoms with Crippen molar-refractivity contribution in [3.63, 3.8) is 0 Å². The molecule has 1 atom stereocenters. The van der Waals surface area contributed by atoms with Gasteiger partial charge in [-0.05, 0) is 64.5 Å². The second-order valence-electron chi connectivity index (χ2n) is 8.58. The van der Waals surface area contributed by atoms with Gasteiger partial charge in [0.15, 0.2) is 0 Å². The Morgan fingerprint density at radius 1 is 1.20 bits per heavy atom. The lowest BCUT2D eigenvalue weighted by Crippen LogP contribution is -2.44. The van der Waals surface area contributed by atoms with Crippen LogP contribution in [0.15, 0.2) is 42.6 Å². The van der Waals surface area contributed by atoms with Crippen LogP contribution in [0.25, 0.3) is 0 Å². The van der Waals surface area contributed by atoms with Gasteiger partial charge in [-0.1, -0.05) is 18.2 Å². The molecule has 0 bridgehead atoms. The highest BCUT2D eigenvalue weighted by Crippen LogP contribution is 2.21. The number of benzene rings is 1. The molecule has 0 unspecified atom stereocenters. The Kier molecular flexibility index (Phi) is 7.94. The third-order valence-electron chi connectivity index (χ3n) is 5.70. The minimum Gasteiger partial charge on any atom is -0.337 e. The SMILES string of the molecule is Cc1ccc(C(=O)N(CCN(C)C)C[C@H]2CCCN(Cc3ccccc3F)C2)cn1. The molecule has 30 heavy (non-hydrogen) atoms. The molecule has 1 aromatic carbocycles. The van der Waals surface area contributed by atoms with E-state index < -0.39 is 0 Å². The van der Waals surface area contributed by atoms with Gasteiger partial charge >= 0.3 is 0 Å². The lowest BCUT2D eigenvalue weighted by Gasteiger charge is -2.36. The summed E-state index contributed by atoms with van der Waals surface area (Å²) in [5.41, 5.74) is 2.28. The Hall–Kier alpha value is -2.31. The fourth-order valence-corrected chi connectivity index (χ4v) is 4.00. The Bertz CT molecular complexity index is 824. The molecular weight excluding hydrogens is 379 g/mol. The highest BCUT2D eigenvalue weighted by molar-refractivity contribution is 5.93. The van der Waals surface area contributed by atoms with Crippen molar-refractivity contribution in [1.82, 2.24) is 19.7 Å². The van der Waals surface area contributed by atoms with E-state index in [1.807, 2.05) is 50.2 Å². The van der Waals surface area contributed by atoms with Gasteiger partial charge in [0, 0.05) is 50.2 Å². The van der Waals surface area contributed by atoms with Crippen LogP contribution in [0.3, 0.4) is 0 Å². The van der Waals surface area contributed by atoms with Crippen molar-refractivity contribution in [2.75, 3.05) is 46.8 Å². The number of rotatable bonds is 8. The van der Waals surface area contributed by atoms with Crippen molar-refractivity contribution in [3.8, 4) is 0 Å². The summed E-state index contributed by atoms with van der Waals surface area (Å²) < 4.78 is 14.1. The van der Waals surface area contributed by atoms with Crippen LogP contribution < -0.4 is 0 Å². The standard InChI is InChI=1S/C24H33FN4O/c1-19-10-11-21(15-26-19)24(30)29(14-13-27(2)3)17-20-7-6-12-28(16-20)18-22-8-4-5-9-23(22)25/h4-5,8-11,15,20H,6-7,12-14,16-18H2,1-3H3/t20-/m0/s1. The summed E-state index contributed by atoms with van der Waals surface area (Å²) in [4.78, 5) is 23.8. The predicted molar refractivity (Wildman–Crippen MR) is 118 cm³/mol. The highest BCUT2D eigenvalue weighted by atomic mass is 19.1. The highest BCUT2D eigenvalue weighted by Gasteiger charge is 2.25. The number of hydrogen-bond acceptors (Lipinski definition) is 4. The summed E-state index contributed by atoms with van der Waals surface area (Å²) in [6.07, 6.45) is 3.83. The molecule has 1 aliphatic heterocycles. The van der Waals surface area contributed by atoms with E-state index in [1.54, 1.807) is 12.3 Å². The molecule has 1 amide bonds. The summed E-state index contributed by atoms with van der Waals surface area (Å²) in [5, 5.41) is 0. The van der Waals surface area contributed by atoms with Crippen LogP contribution >= 0.6 is 0 Å². The molecule has 6 heteroatoms. The number of hydrogen-bond donors (Lipinski definition) is 0. The fourth-order valence-electron chi connectivity index (χ4n) is 4.00. The number of piperidine rings is 1. The molecule has 0 aliphatic carbocycles. The van der Waals surface area contributed by atoms with Gasteiger partial charge in [-0.2, -0.15) is 0 Å². The number of likely N-dealkylation sites (tertiary alicyclic amines) is 1. The Balaban J connectivity index is 1.66. The van der Waals surface area contributed by atoms with Crippen molar-refractivity contribution >= 4 is 5.91 Å². The summed E-state index contributed by atoms with van der Waals surface area (Å²) >= 11 is 0. The maximum atomic E-state index is 14.1. The van der Waals surface area contributed by atoms with Gasteiger partial charge in [0.1, 0.15) is 5.82 Å². The second kappa shape index (κ2) is 10.6. The van der Waals surface area contributed by atoms with Crippen LogP contribution in [0.2, 0.25) is 0 Å². The smallest absolute Gasteiger partial charge is 0.255 e. The quantitative estimate of drug-likeness (QED) is 0.666. The van der Waals surface area contributed by atoms with Crippen molar-refractivity contribution in [1.29, 1.82) is 0 Å². The van der Waals surface area contributed by atoms with E-state index in [-0.39, 0.29) is 11.7 Å². The second-order valence-corrected chi connectivity index (χ2v) is 8.58. The lowest BCUT2D eigenvalue weighted by atomic mass is 9.96. The van der Waals surface area contributed by atoms with Gasteiger partial charge in [0.2, 0.25) is 0 Å². The molecule has 162 valence electrons. The zero-order valence-electron chi connectivity index (χ0n) is 18.4. The van der Waals surface area contributed by atoms with Gasteiger partial charge < -0.3 is 9.80 Å². The first-order chi connectivity index (χ1) is 14.4. The maximum Gasteiger partial charge on any atom is 0.255 e. The molecular formula is C24H33FN4O. The molecule has 1 fully saturated rings. The molecule has 1 aliphatic rings. The number of pyridine rings is 1. The number of halogens is 1. The number of carbonyl (C=O) groups excluding carboxylic acids is 1. The van der Waals surface area contributed by atoms with Crippen LogP contribution in [-0.4, -0.2) is 72.4 Å². The monoisotopic (exact) mass is 412 g/mol. The summed E-state index contributed by atoms with van der Waals surface area (Å²) in [7, 11) is 4.04. The normalized spacial score (nSPS) is 17.3. The maximum absolute atomic E-state index is 14.1. The van der Waals surface area contributed by atoms with Crippen molar-refractivity contribution in [3.05, 3.63) is 65.2 Å². The third kappa shape index (κ3) is 6.34. The first kappa shape index (κ1) is 22.4. The molecule has 2 heterocycles. The van der Waals surface area contributed by atoms with E-state index in [9.17, 15) is 9.18 Å². The van der Waals surface area contributed by atoms with E-state index in [4.69, 9.17) is 0 Å². The molecule has 3 rings (SSSR count). The molecule has 0 N–H and O–H groups in total. The van der Waals surface area contributed by atoms with E-state index in [1.165, 1.54) is 6.07 Å². The predicted octanol–water partition coefficient (Wildman–Crippen LogP) is 3.45. The summed E-state index contributed by atoms with van der Waals surface area (Å²) in [6, 6.07) is 10.7. The van der Waals surface area contributed by atoms with Gasteiger partial charge in [0.05, 0.1) is 5.56 Å². The number of likely N-dealkylation sites (N-methyl/N-ethyl adjacent to an activating group) is 1. The van der Waals surface area contributed by atoms with Gasteiger partial charge in [-0.3, -0.25) is 14.7 Å². The Morgan fingerprint density at radius 2 is 2.00 bits per heavy atom. The van der Waals surface area contributed by atoms with Crippen LogP contribution in [0.5, 0.6) is 0 Å². The zero-order valence-corrected chi connectivity index (χ0v) is 18.4. The molecule has 5 nitrogen and oxygen atoms in total. The van der Waals surface area contributed by atoms with E-state index in [0.29, 0.717) is 31.1 Å². The largest absolute Gasteiger partial charge is 0.337 e. The average molecular weight is 413 g/mol.